The van der Waals surface area contributed by atoms with E-state index in [2.05, 4.69) is 10.0 Å². The lowest BCUT2D eigenvalue weighted by Gasteiger charge is -2.17. The van der Waals surface area contributed by atoms with Crippen molar-refractivity contribution >= 4 is 15.9 Å². The molecule has 0 aromatic heterocycles. The normalized spacial score (nSPS) is 11.4. The van der Waals surface area contributed by atoms with Crippen molar-refractivity contribution in [2.75, 3.05) is 33.7 Å². The van der Waals surface area contributed by atoms with Crippen molar-refractivity contribution in [3.05, 3.63) is 29.8 Å². The fraction of sp³-hybridized carbons (Fsp3) is 0.533. The molecule has 1 rings (SSSR count). The van der Waals surface area contributed by atoms with Crippen molar-refractivity contribution in [1.29, 1.82) is 0 Å². The van der Waals surface area contributed by atoms with Gasteiger partial charge in [0.15, 0.2) is 0 Å². The second-order valence-electron chi connectivity index (χ2n) is 5.23. The molecule has 7 heteroatoms. The first-order chi connectivity index (χ1) is 10.4. The molecule has 0 atom stereocenters. The largest absolute Gasteiger partial charge is 0.344 e. The van der Waals surface area contributed by atoms with Crippen molar-refractivity contribution in [2.24, 2.45) is 0 Å². The maximum atomic E-state index is 12.1. The minimum absolute atomic E-state index is 0.0183. The summed E-state index contributed by atoms with van der Waals surface area (Å²) < 4.78 is 26.7. The molecule has 0 saturated heterocycles. The van der Waals surface area contributed by atoms with Crippen LogP contribution in [-0.2, 0) is 14.8 Å². The van der Waals surface area contributed by atoms with Crippen LogP contribution < -0.4 is 10.0 Å². The lowest BCUT2D eigenvalue weighted by atomic mass is 10.2. The average Bonchev–Trinajstić information content (AvgIpc) is 2.47. The maximum absolute atomic E-state index is 12.1. The summed E-state index contributed by atoms with van der Waals surface area (Å²) >= 11 is 0. The molecule has 1 aromatic rings. The van der Waals surface area contributed by atoms with E-state index in [1.165, 1.54) is 0 Å². The van der Waals surface area contributed by atoms with E-state index in [0.717, 1.165) is 18.5 Å². The zero-order chi connectivity index (χ0) is 16.6. The highest BCUT2D eigenvalue weighted by Crippen LogP contribution is 2.09. The third-order valence-electron chi connectivity index (χ3n) is 3.31. The van der Waals surface area contributed by atoms with Crippen LogP contribution in [0.1, 0.15) is 18.4 Å². The molecule has 0 fully saturated rings. The molecule has 0 unspecified atom stereocenters. The monoisotopic (exact) mass is 327 g/mol. The Hall–Kier alpha value is -1.44. The van der Waals surface area contributed by atoms with E-state index in [9.17, 15) is 13.2 Å². The Balaban J connectivity index is 2.42. The Labute approximate surface area is 132 Å². The van der Waals surface area contributed by atoms with Gasteiger partial charge < -0.3 is 10.2 Å². The zero-order valence-corrected chi connectivity index (χ0v) is 14.2. The summed E-state index contributed by atoms with van der Waals surface area (Å²) in [4.78, 5) is 13.6. The van der Waals surface area contributed by atoms with Crippen LogP contribution in [0, 0.1) is 6.92 Å². The molecule has 0 aliphatic rings. The lowest BCUT2D eigenvalue weighted by Crippen LogP contribution is -2.36. The standard InChI is InChI=1S/C15H25N3O3S/c1-13-6-8-14(9-7-13)22(20,21)17-11-12-18(3)15(19)5-4-10-16-2/h6-9,16-17H,4-5,10-12H2,1-3H3. The highest BCUT2D eigenvalue weighted by Gasteiger charge is 2.14. The summed E-state index contributed by atoms with van der Waals surface area (Å²) in [5, 5.41) is 2.98. The van der Waals surface area contributed by atoms with Crippen LogP contribution in [0.25, 0.3) is 0 Å². The summed E-state index contributed by atoms with van der Waals surface area (Å²) in [5.41, 5.74) is 1.01. The number of hydrogen-bond donors (Lipinski definition) is 2. The number of aryl methyl sites for hydroxylation is 1. The van der Waals surface area contributed by atoms with Gasteiger partial charge in [0, 0.05) is 26.6 Å². The van der Waals surface area contributed by atoms with Crippen LogP contribution in [0.4, 0.5) is 0 Å². The van der Waals surface area contributed by atoms with Gasteiger partial charge in [-0.15, -0.1) is 0 Å². The van der Waals surface area contributed by atoms with E-state index in [4.69, 9.17) is 0 Å². The molecule has 0 aliphatic carbocycles. The maximum Gasteiger partial charge on any atom is 0.240 e. The molecule has 124 valence electrons. The number of sulfonamides is 1. The molecule has 0 spiro atoms. The molecule has 1 amide bonds. The molecule has 0 bridgehead atoms. The number of nitrogens with zero attached hydrogens (tertiary/aromatic N) is 1. The van der Waals surface area contributed by atoms with Crippen LogP contribution in [0.15, 0.2) is 29.2 Å². The number of amides is 1. The number of carbonyl (C=O) groups excluding carboxylic acids is 1. The third kappa shape index (κ3) is 6.13. The molecule has 22 heavy (non-hydrogen) atoms. The summed E-state index contributed by atoms with van der Waals surface area (Å²) in [6.45, 7) is 3.24. The van der Waals surface area contributed by atoms with E-state index in [1.54, 1.807) is 36.2 Å². The van der Waals surface area contributed by atoms with Gasteiger partial charge >= 0.3 is 0 Å². The van der Waals surface area contributed by atoms with Crippen LogP contribution in [-0.4, -0.2) is 53.0 Å². The number of carbonyl (C=O) groups is 1. The predicted octanol–water partition coefficient (Wildman–Crippen LogP) is 0.731. The molecular formula is C15H25N3O3S. The lowest BCUT2D eigenvalue weighted by molar-refractivity contribution is -0.129. The molecule has 0 aliphatic heterocycles. The van der Waals surface area contributed by atoms with Crippen molar-refractivity contribution in [3.63, 3.8) is 0 Å². The van der Waals surface area contributed by atoms with Gasteiger partial charge in [0.25, 0.3) is 0 Å². The Kier molecular flexibility index (Phi) is 7.50. The van der Waals surface area contributed by atoms with Crippen LogP contribution in [0.5, 0.6) is 0 Å². The van der Waals surface area contributed by atoms with Gasteiger partial charge in [-0.2, -0.15) is 0 Å². The Morgan fingerprint density at radius 1 is 1.18 bits per heavy atom. The van der Waals surface area contributed by atoms with Gasteiger partial charge in [0.05, 0.1) is 4.90 Å². The number of benzene rings is 1. The quantitative estimate of drug-likeness (QED) is 0.656. The Morgan fingerprint density at radius 2 is 1.82 bits per heavy atom. The first-order valence-electron chi connectivity index (χ1n) is 7.31. The first-order valence-corrected chi connectivity index (χ1v) is 8.80. The van der Waals surface area contributed by atoms with Gasteiger partial charge in [-0.3, -0.25) is 4.79 Å². The fourth-order valence-electron chi connectivity index (χ4n) is 1.88. The van der Waals surface area contributed by atoms with E-state index < -0.39 is 10.0 Å². The van der Waals surface area contributed by atoms with E-state index in [1.807, 2.05) is 14.0 Å². The topological polar surface area (TPSA) is 78.5 Å². The molecule has 0 saturated carbocycles. The smallest absolute Gasteiger partial charge is 0.240 e. The molecular weight excluding hydrogens is 302 g/mol. The molecule has 2 N–H and O–H groups in total. The van der Waals surface area contributed by atoms with Crippen molar-refractivity contribution in [1.82, 2.24) is 14.9 Å². The molecule has 0 heterocycles. The first kappa shape index (κ1) is 18.6. The average molecular weight is 327 g/mol. The van der Waals surface area contributed by atoms with Crippen molar-refractivity contribution in [3.8, 4) is 0 Å². The third-order valence-corrected chi connectivity index (χ3v) is 4.79. The fourth-order valence-corrected chi connectivity index (χ4v) is 2.90. The highest BCUT2D eigenvalue weighted by molar-refractivity contribution is 7.89. The summed E-state index contributed by atoms with van der Waals surface area (Å²) in [6, 6.07) is 6.66. The Morgan fingerprint density at radius 3 is 2.41 bits per heavy atom. The SMILES string of the molecule is CNCCCC(=O)N(C)CCNS(=O)(=O)c1ccc(C)cc1. The van der Waals surface area contributed by atoms with Gasteiger partial charge in [-0.05, 0) is 39.1 Å². The van der Waals surface area contributed by atoms with Crippen molar-refractivity contribution < 1.29 is 13.2 Å². The second-order valence-corrected chi connectivity index (χ2v) is 7.00. The second kappa shape index (κ2) is 8.87. The zero-order valence-electron chi connectivity index (χ0n) is 13.4. The van der Waals surface area contributed by atoms with E-state index in [-0.39, 0.29) is 17.3 Å². The Bertz CT molecular complexity index is 570. The minimum Gasteiger partial charge on any atom is -0.344 e. The number of rotatable bonds is 9. The molecule has 6 nitrogen and oxygen atoms in total. The number of likely N-dealkylation sites (N-methyl/N-ethyl adjacent to an activating group) is 1. The van der Waals surface area contributed by atoms with Crippen molar-refractivity contribution in [2.45, 2.75) is 24.7 Å². The number of hydrogen-bond acceptors (Lipinski definition) is 4. The van der Waals surface area contributed by atoms with Crippen LogP contribution in [0.3, 0.4) is 0 Å². The van der Waals surface area contributed by atoms with E-state index in [0.29, 0.717) is 13.0 Å². The predicted molar refractivity (Wildman–Crippen MR) is 87.2 cm³/mol. The van der Waals surface area contributed by atoms with Gasteiger partial charge in [0.2, 0.25) is 15.9 Å². The van der Waals surface area contributed by atoms with Gasteiger partial charge in [0.1, 0.15) is 0 Å². The highest BCUT2D eigenvalue weighted by atomic mass is 32.2. The molecule has 0 radical (unpaired) electrons. The van der Waals surface area contributed by atoms with Gasteiger partial charge in [-0.1, -0.05) is 17.7 Å². The van der Waals surface area contributed by atoms with Gasteiger partial charge in [-0.25, -0.2) is 13.1 Å². The van der Waals surface area contributed by atoms with Crippen LogP contribution >= 0.6 is 0 Å². The summed E-state index contributed by atoms with van der Waals surface area (Å²) in [6.07, 6.45) is 1.23. The minimum atomic E-state index is -3.52. The molecule has 1 aromatic carbocycles. The summed E-state index contributed by atoms with van der Waals surface area (Å²) in [7, 11) is 0.00647. The van der Waals surface area contributed by atoms with E-state index >= 15 is 0 Å². The van der Waals surface area contributed by atoms with Crippen LogP contribution in [0.2, 0.25) is 0 Å². The number of nitrogens with one attached hydrogen (secondary N) is 2. The summed E-state index contributed by atoms with van der Waals surface area (Å²) in [5.74, 6) is 0.0183.